The fraction of sp³-hybridized carbons (Fsp3) is 0.222. The number of hydrogen-bond acceptors (Lipinski definition) is 6. The first-order valence-electron chi connectivity index (χ1n) is 7.99. The van der Waals surface area contributed by atoms with Gasteiger partial charge in [0.2, 0.25) is 0 Å². The lowest BCUT2D eigenvalue weighted by molar-refractivity contribution is -0.383. The fourth-order valence-corrected chi connectivity index (χ4v) is 3.05. The van der Waals surface area contributed by atoms with Crippen LogP contribution in [0.4, 0.5) is 17.1 Å². The van der Waals surface area contributed by atoms with Gasteiger partial charge in [-0.25, -0.2) is 4.79 Å². The van der Waals surface area contributed by atoms with E-state index in [2.05, 4.69) is 0 Å². The Labute approximate surface area is 149 Å². The fourth-order valence-electron chi connectivity index (χ4n) is 3.05. The maximum atomic E-state index is 12.5. The maximum Gasteiger partial charge on any atom is 0.338 e. The summed E-state index contributed by atoms with van der Waals surface area (Å²) in [6.45, 7) is 1.47. The minimum atomic E-state index is -0.818. The molecule has 134 valence electrons. The van der Waals surface area contributed by atoms with E-state index in [0.29, 0.717) is 0 Å². The van der Waals surface area contributed by atoms with Gasteiger partial charge in [0.15, 0.2) is 6.61 Å². The summed E-state index contributed by atoms with van der Waals surface area (Å²) in [5.74, 6) is -1.16. The van der Waals surface area contributed by atoms with E-state index in [0.717, 1.165) is 23.7 Å². The van der Waals surface area contributed by atoms with Crippen LogP contribution in [0.1, 0.15) is 22.8 Å². The van der Waals surface area contributed by atoms with Gasteiger partial charge in [-0.3, -0.25) is 14.9 Å². The highest BCUT2D eigenvalue weighted by atomic mass is 16.6. The van der Waals surface area contributed by atoms with Gasteiger partial charge in [-0.2, -0.15) is 0 Å². The molecule has 0 fully saturated rings. The van der Waals surface area contributed by atoms with Crippen LogP contribution in [0.3, 0.4) is 0 Å². The Balaban J connectivity index is 1.69. The number of ether oxygens (including phenoxy) is 1. The molecule has 0 bridgehead atoms. The zero-order chi connectivity index (χ0) is 18.8. The number of carbonyl (C=O) groups is 2. The Bertz CT molecular complexity index is 896. The number of esters is 1. The van der Waals surface area contributed by atoms with Crippen molar-refractivity contribution in [3.63, 3.8) is 0 Å². The number of carbonyl (C=O) groups excluding carboxylic acids is 2. The van der Waals surface area contributed by atoms with E-state index in [1.165, 1.54) is 12.1 Å². The number of hydrogen-bond donors (Lipinski definition) is 1. The summed E-state index contributed by atoms with van der Waals surface area (Å²) in [6, 6.07) is 11.1. The highest BCUT2D eigenvalue weighted by molar-refractivity contribution is 5.99. The molecule has 1 aliphatic rings. The smallest absolute Gasteiger partial charge is 0.338 e. The molecule has 0 radical (unpaired) electrons. The molecule has 1 atom stereocenters. The Kier molecular flexibility index (Phi) is 4.57. The predicted octanol–water partition coefficient (Wildman–Crippen LogP) is 2.31. The lowest BCUT2D eigenvalue weighted by Crippen LogP contribution is -2.38. The van der Waals surface area contributed by atoms with E-state index in [4.69, 9.17) is 10.5 Å². The molecule has 26 heavy (non-hydrogen) atoms. The first-order valence-corrected chi connectivity index (χ1v) is 7.99. The Morgan fingerprint density at radius 1 is 1.31 bits per heavy atom. The van der Waals surface area contributed by atoms with Crippen LogP contribution in [0.5, 0.6) is 0 Å². The van der Waals surface area contributed by atoms with Crippen LogP contribution in [0, 0.1) is 10.1 Å². The van der Waals surface area contributed by atoms with Crippen molar-refractivity contribution in [3.8, 4) is 0 Å². The van der Waals surface area contributed by atoms with Crippen LogP contribution < -0.4 is 10.6 Å². The number of nitrogen functional groups attached to an aromatic ring is 1. The van der Waals surface area contributed by atoms with Crippen molar-refractivity contribution in [2.24, 2.45) is 0 Å². The summed E-state index contributed by atoms with van der Waals surface area (Å²) in [4.78, 5) is 36.5. The first-order chi connectivity index (χ1) is 12.4. The average molecular weight is 355 g/mol. The Morgan fingerprint density at radius 3 is 2.77 bits per heavy atom. The molecule has 1 amide bonds. The SMILES string of the molecule is C[C@@H]1Cc2ccccc2N1C(=O)COC(=O)c1ccc(N)c([N+](=O)[O-])c1. The minimum Gasteiger partial charge on any atom is -0.452 e. The number of nitrogens with zero attached hydrogens (tertiary/aromatic N) is 2. The van der Waals surface area contributed by atoms with Crippen LogP contribution in [-0.4, -0.2) is 29.4 Å². The molecule has 8 nitrogen and oxygen atoms in total. The van der Waals surface area contributed by atoms with Crippen molar-refractivity contribution in [2.75, 3.05) is 17.2 Å². The molecule has 2 N–H and O–H groups in total. The largest absolute Gasteiger partial charge is 0.452 e. The van der Waals surface area contributed by atoms with Gasteiger partial charge in [0, 0.05) is 17.8 Å². The number of amides is 1. The third-order valence-corrected chi connectivity index (χ3v) is 4.27. The summed E-state index contributed by atoms with van der Waals surface area (Å²) >= 11 is 0. The molecule has 0 spiro atoms. The van der Waals surface area contributed by atoms with Gasteiger partial charge in [0.25, 0.3) is 11.6 Å². The Hall–Kier alpha value is -3.42. The van der Waals surface area contributed by atoms with Crippen LogP contribution >= 0.6 is 0 Å². The summed E-state index contributed by atoms with van der Waals surface area (Å²) < 4.78 is 5.05. The quantitative estimate of drug-likeness (QED) is 0.389. The number of nitro groups is 1. The van der Waals surface area contributed by atoms with Crippen molar-refractivity contribution in [1.82, 2.24) is 0 Å². The topological polar surface area (TPSA) is 116 Å². The number of fused-ring (bicyclic) bond motifs is 1. The molecule has 2 aromatic carbocycles. The molecule has 3 rings (SSSR count). The van der Waals surface area contributed by atoms with Gasteiger partial charge >= 0.3 is 5.97 Å². The normalized spacial score (nSPS) is 15.4. The molecule has 0 aromatic heterocycles. The third-order valence-electron chi connectivity index (χ3n) is 4.27. The summed E-state index contributed by atoms with van der Waals surface area (Å²) in [6.07, 6.45) is 0.736. The van der Waals surface area contributed by atoms with E-state index in [1.54, 1.807) is 4.90 Å². The van der Waals surface area contributed by atoms with Crippen LogP contribution in [0.2, 0.25) is 0 Å². The van der Waals surface area contributed by atoms with E-state index in [9.17, 15) is 19.7 Å². The van der Waals surface area contributed by atoms with Gasteiger partial charge < -0.3 is 15.4 Å². The highest BCUT2D eigenvalue weighted by Crippen LogP contribution is 2.31. The first kappa shape index (κ1) is 17.4. The van der Waals surface area contributed by atoms with Crippen LogP contribution in [-0.2, 0) is 16.0 Å². The summed E-state index contributed by atoms with van der Waals surface area (Å²) in [5, 5.41) is 10.9. The monoisotopic (exact) mass is 355 g/mol. The Morgan fingerprint density at radius 2 is 2.04 bits per heavy atom. The number of para-hydroxylation sites is 1. The van der Waals surface area contributed by atoms with Crippen LogP contribution in [0.25, 0.3) is 0 Å². The van der Waals surface area contributed by atoms with Gasteiger partial charge in [-0.05, 0) is 37.1 Å². The molecule has 0 saturated carbocycles. The molecule has 0 aliphatic carbocycles. The number of nitro benzene ring substituents is 1. The summed E-state index contributed by atoms with van der Waals surface area (Å²) in [7, 11) is 0. The average Bonchev–Trinajstić information content (AvgIpc) is 2.95. The second-order valence-corrected chi connectivity index (χ2v) is 6.05. The van der Waals surface area contributed by atoms with Gasteiger partial charge in [0.05, 0.1) is 10.5 Å². The number of nitrogens with two attached hydrogens (primary N) is 1. The molecule has 1 heterocycles. The molecule has 8 heteroatoms. The summed E-state index contributed by atoms with van der Waals surface area (Å²) in [5.41, 5.74) is 6.91. The standard InChI is InChI=1S/C18H17N3O5/c1-11-8-12-4-2-3-5-15(12)20(11)17(22)10-26-18(23)13-6-7-14(19)16(9-13)21(24)25/h2-7,9,11H,8,10,19H2,1H3/t11-/m1/s1. The van der Waals surface area contributed by atoms with Crippen molar-refractivity contribution in [1.29, 1.82) is 0 Å². The van der Waals surface area contributed by atoms with E-state index in [1.807, 2.05) is 31.2 Å². The van der Waals surface area contributed by atoms with Crippen molar-refractivity contribution >= 4 is 28.9 Å². The second-order valence-electron chi connectivity index (χ2n) is 6.05. The van der Waals surface area contributed by atoms with Gasteiger partial charge in [0.1, 0.15) is 5.69 Å². The van der Waals surface area contributed by atoms with E-state index in [-0.39, 0.29) is 28.9 Å². The molecular formula is C18H17N3O5. The number of rotatable bonds is 4. The maximum absolute atomic E-state index is 12.5. The van der Waals surface area contributed by atoms with E-state index < -0.39 is 17.5 Å². The van der Waals surface area contributed by atoms with Gasteiger partial charge in [-0.1, -0.05) is 18.2 Å². The number of anilines is 2. The van der Waals surface area contributed by atoms with E-state index >= 15 is 0 Å². The highest BCUT2D eigenvalue weighted by Gasteiger charge is 2.31. The van der Waals surface area contributed by atoms with Gasteiger partial charge in [-0.15, -0.1) is 0 Å². The number of benzene rings is 2. The zero-order valence-corrected chi connectivity index (χ0v) is 14.0. The second kappa shape index (κ2) is 6.83. The van der Waals surface area contributed by atoms with Crippen molar-refractivity contribution in [3.05, 3.63) is 63.7 Å². The molecule has 1 aliphatic heterocycles. The molecule has 2 aromatic rings. The molecule has 0 unspecified atom stereocenters. The lowest BCUT2D eigenvalue weighted by atomic mass is 10.1. The lowest BCUT2D eigenvalue weighted by Gasteiger charge is -2.22. The van der Waals surface area contributed by atoms with Crippen molar-refractivity contribution in [2.45, 2.75) is 19.4 Å². The van der Waals surface area contributed by atoms with Crippen LogP contribution in [0.15, 0.2) is 42.5 Å². The minimum absolute atomic E-state index is 0.0313. The zero-order valence-electron chi connectivity index (χ0n) is 14.0. The predicted molar refractivity (Wildman–Crippen MR) is 94.9 cm³/mol. The molecule has 0 saturated heterocycles. The third kappa shape index (κ3) is 3.21. The van der Waals surface area contributed by atoms with Crippen molar-refractivity contribution < 1.29 is 19.2 Å². The molecular weight excluding hydrogens is 338 g/mol.